The molecule has 0 aromatic rings. The van der Waals surface area contributed by atoms with Crippen molar-refractivity contribution in [3.8, 4) is 0 Å². The molecule has 0 aromatic carbocycles. The summed E-state index contributed by atoms with van der Waals surface area (Å²) in [7, 11) is 0. The first-order chi connectivity index (χ1) is 12.2. The topological polar surface area (TPSA) is 148 Å². The Morgan fingerprint density at radius 2 is 1.59 bits per heavy atom. The van der Waals surface area contributed by atoms with Gasteiger partial charge in [-0.1, -0.05) is 13.8 Å². The lowest BCUT2D eigenvalue weighted by atomic mass is 10.0. The van der Waals surface area contributed by atoms with Gasteiger partial charge in [-0.05, 0) is 46.5 Å². The Hall–Kier alpha value is -2.16. The normalized spacial score (nSPS) is 14.8. The van der Waals surface area contributed by atoms with E-state index < -0.39 is 47.5 Å². The van der Waals surface area contributed by atoms with Gasteiger partial charge in [0.1, 0.15) is 17.7 Å². The lowest BCUT2D eigenvalue weighted by molar-refractivity contribution is -0.155. The second kappa shape index (κ2) is 10.9. The molecule has 0 saturated heterocycles. The highest BCUT2D eigenvalue weighted by atomic mass is 16.6. The van der Waals surface area contributed by atoms with E-state index in [9.17, 15) is 24.3 Å². The van der Waals surface area contributed by atoms with Gasteiger partial charge in [0.2, 0.25) is 11.8 Å². The molecule has 9 nitrogen and oxygen atoms in total. The summed E-state index contributed by atoms with van der Waals surface area (Å²) in [5.74, 6) is -2.76. The molecule has 5 N–H and O–H groups in total. The van der Waals surface area contributed by atoms with Crippen LogP contribution in [0.3, 0.4) is 0 Å². The van der Waals surface area contributed by atoms with Crippen molar-refractivity contribution in [1.29, 1.82) is 0 Å². The van der Waals surface area contributed by atoms with Crippen molar-refractivity contribution in [2.75, 3.05) is 0 Å². The van der Waals surface area contributed by atoms with Crippen LogP contribution in [0.15, 0.2) is 0 Å². The summed E-state index contributed by atoms with van der Waals surface area (Å²) >= 11 is 0. The molecule has 27 heavy (non-hydrogen) atoms. The molecule has 0 radical (unpaired) electrons. The Labute approximate surface area is 160 Å². The van der Waals surface area contributed by atoms with Crippen LogP contribution in [0.2, 0.25) is 0 Å². The quantitative estimate of drug-likeness (QED) is 0.400. The Kier molecular flexibility index (Phi) is 9.99. The van der Waals surface area contributed by atoms with E-state index in [2.05, 4.69) is 10.6 Å². The van der Waals surface area contributed by atoms with Crippen LogP contribution in [-0.2, 0) is 23.9 Å². The molecular weight excluding hydrogens is 354 g/mol. The number of amides is 2. The third kappa shape index (κ3) is 11.2. The smallest absolute Gasteiger partial charge is 0.326 e. The first kappa shape index (κ1) is 24.8. The number of ether oxygens (including phenoxy) is 1. The number of hydrogen-bond acceptors (Lipinski definition) is 6. The highest BCUT2D eigenvalue weighted by Crippen LogP contribution is 2.10. The lowest BCUT2D eigenvalue weighted by Gasteiger charge is -2.22. The molecule has 0 aromatic heterocycles. The Balaban J connectivity index is 4.63. The average Bonchev–Trinajstić information content (AvgIpc) is 2.48. The third-order valence-electron chi connectivity index (χ3n) is 3.49. The summed E-state index contributed by atoms with van der Waals surface area (Å²) in [5, 5.41) is 14.0. The monoisotopic (exact) mass is 387 g/mol. The molecule has 0 aliphatic heterocycles. The summed E-state index contributed by atoms with van der Waals surface area (Å²) in [5.41, 5.74) is 5.08. The number of hydrogen-bond donors (Lipinski definition) is 4. The zero-order valence-electron chi connectivity index (χ0n) is 17.0. The van der Waals surface area contributed by atoms with E-state index in [-0.39, 0.29) is 18.8 Å². The van der Waals surface area contributed by atoms with Gasteiger partial charge in [0.15, 0.2) is 0 Å². The van der Waals surface area contributed by atoms with Crippen molar-refractivity contribution < 1.29 is 29.0 Å². The van der Waals surface area contributed by atoms with Gasteiger partial charge >= 0.3 is 11.9 Å². The van der Waals surface area contributed by atoms with Crippen LogP contribution in [0.25, 0.3) is 0 Å². The van der Waals surface area contributed by atoms with E-state index in [4.69, 9.17) is 10.5 Å². The summed E-state index contributed by atoms with van der Waals surface area (Å²) in [6.07, 6.45) is 0.186. The van der Waals surface area contributed by atoms with E-state index in [0.717, 1.165) is 0 Å². The molecule has 0 saturated carbocycles. The number of aliphatic carboxylic acids is 1. The average molecular weight is 387 g/mol. The van der Waals surface area contributed by atoms with Crippen molar-refractivity contribution in [2.24, 2.45) is 11.7 Å². The minimum Gasteiger partial charge on any atom is -0.480 e. The van der Waals surface area contributed by atoms with Crippen molar-refractivity contribution in [3.05, 3.63) is 0 Å². The van der Waals surface area contributed by atoms with Gasteiger partial charge in [0, 0.05) is 6.42 Å². The molecule has 0 rings (SSSR count). The van der Waals surface area contributed by atoms with Crippen LogP contribution in [0.5, 0.6) is 0 Å². The second-order valence-electron chi connectivity index (χ2n) is 7.99. The van der Waals surface area contributed by atoms with E-state index in [1.807, 2.05) is 13.8 Å². The third-order valence-corrected chi connectivity index (χ3v) is 3.49. The molecule has 3 atom stereocenters. The predicted molar refractivity (Wildman–Crippen MR) is 99.7 cm³/mol. The van der Waals surface area contributed by atoms with Gasteiger partial charge in [0.25, 0.3) is 0 Å². The van der Waals surface area contributed by atoms with Crippen molar-refractivity contribution in [1.82, 2.24) is 10.6 Å². The maximum absolute atomic E-state index is 12.2. The maximum Gasteiger partial charge on any atom is 0.326 e. The summed E-state index contributed by atoms with van der Waals surface area (Å²) < 4.78 is 5.12. The van der Waals surface area contributed by atoms with Crippen molar-refractivity contribution >= 4 is 23.8 Å². The van der Waals surface area contributed by atoms with Crippen molar-refractivity contribution in [2.45, 2.75) is 84.5 Å². The summed E-state index contributed by atoms with van der Waals surface area (Å²) in [6, 6.07) is -2.98. The van der Waals surface area contributed by atoms with Crippen LogP contribution in [0, 0.1) is 5.92 Å². The molecule has 156 valence electrons. The van der Waals surface area contributed by atoms with Crippen LogP contribution in [0.4, 0.5) is 0 Å². The fraction of sp³-hybridized carbons (Fsp3) is 0.778. The highest BCUT2D eigenvalue weighted by Gasteiger charge is 2.26. The number of esters is 1. The lowest BCUT2D eigenvalue weighted by Crippen LogP contribution is -2.53. The first-order valence-corrected chi connectivity index (χ1v) is 9.04. The number of nitrogens with two attached hydrogens (primary N) is 1. The molecule has 0 fully saturated rings. The van der Waals surface area contributed by atoms with E-state index in [1.54, 1.807) is 20.8 Å². The Morgan fingerprint density at radius 1 is 1.04 bits per heavy atom. The number of nitrogens with one attached hydrogen (secondary N) is 2. The highest BCUT2D eigenvalue weighted by molar-refractivity contribution is 5.91. The largest absolute Gasteiger partial charge is 0.480 e. The van der Waals surface area contributed by atoms with Crippen LogP contribution < -0.4 is 16.4 Å². The number of carboxylic acid groups (broad SMARTS) is 1. The molecule has 0 aliphatic rings. The van der Waals surface area contributed by atoms with Gasteiger partial charge < -0.3 is 26.2 Å². The van der Waals surface area contributed by atoms with Crippen molar-refractivity contribution in [3.63, 3.8) is 0 Å². The summed E-state index contributed by atoms with van der Waals surface area (Å²) in [6.45, 7) is 10.4. The number of rotatable bonds is 10. The van der Waals surface area contributed by atoms with Gasteiger partial charge in [-0.2, -0.15) is 0 Å². The second-order valence-corrected chi connectivity index (χ2v) is 7.99. The molecular formula is C18H33N3O6. The van der Waals surface area contributed by atoms with Crippen LogP contribution >= 0.6 is 0 Å². The standard InChI is InChI=1S/C18H33N3O6/c1-10(2)9-12(19)16(24)20-11(3)15(23)21-13(17(25)26)7-8-14(22)27-18(4,5)6/h10-13H,7-9,19H2,1-6H3,(H,20,24)(H,21,23)(H,25,26)/t11-,12-,13-/m0/s1. The minimum atomic E-state index is -1.28. The number of carbonyl (C=O) groups is 4. The van der Waals surface area contributed by atoms with Gasteiger partial charge in [0.05, 0.1) is 6.04 Å². The van der Waals surface area contributed by atoms with Crippen LogP contribution in [0.1, 0.15) is 60.8 Å². The molecule has 0 bridgehead atoms. The van der Waals surface area contributed by atoms with E-state index in [0.29, 0.717) is 6.42 Å². The molecule has 0 unspecified atom stereocenters. The molecule has 0 spiro atoms. The molecule has 9 heteroatoms. The first-order valence-electron chi connectivity index (χ1n) is 9.04. The molecule has 0 aliphatic carbocycles. The SMILES string of the molecule is CC(C)C[C@H](N)C(=O)N[C@@H](C)C(=O)N[C@@H](CCC(=O)OC(C)(C)C)C(=O)O. The Morgan fingerprint density at radius 3 is 2.04 bits per heavy atom. The Bertz CT molecular complexity index is 542. The molecule has 2 amide bonds. The zero-order chi connectivity index (χ0) is 21.4. The fourth-order valence-electron chi connectivity index (χ4n) is 2.21. The van der Waals surface area contributed by atoms with Gasteiger partial charge in [-0.15, -0.1) is 0 Å². The van der Waals surface area contributed by atoms with E-state index >= 15 is 0 Å². The maximum atomic E-state index is 12.2. The van der Waals surface area contributed by atoms with Gasteiger partial charge in [-0.25, -0.2) is 4.79 Å². The van der Waals surface area contributed by atoms with Crippen LogP contribution in [-0.4, -0.2) is 52.6 Å². The number of carboxylic acids is 1. The fourth-order valence-corrected chi connectivity index (χ4v) is 2.21. The van der Waals surface area contributed by atoms with E-state index in [1.165, 1.54) is 6.92 Å². The molecule has 0 heterocycles. The summed E-state index contributed by atoms with van der Waals surface area (Å²) in [4.78, 5) is 47.2. The predicted octanol–water partition coefficient (Wildman–Crippen LogP) is 0.556. The zero-order valence-corrected chi connectivity index (χ0v) is 17.0. The number of carbonyl (C=O) groups excluding carboxylic acids is 3. The minimum absolute atomic E-state index is 0.122. The van der Waals surface area contributed by atoms with Gasteiger partial charge in [-0.3, -0.25) is 14.4 Å².